The number of benzene rings is 2. The van der Waals surface area contributed by atoms with Gasteiger partial charge < -0.3 is 10.2 Å². The molecule has 0 saturated carbocycles. The summed E-state index contributed by atoms with van der Waals surface area (Å²) in [6.07, 6.45) is 3.58. The molecule has 0 atom stereocenters. The second kappa shape index (κ2) is 4.99. The first-order valence-electron chi connectivity index (χ1n) is 8.59. The molecular weight excluding hydrogens is 314 g/mol. The zero-order chi connectivity index (χ0) is 17.1. The van der Waals surface area contributed by atoms with Crippen LogP contribution in [-0.2, 0) is 12.8 Å². The van der Waals surface area contributed by atoms with Gasteiger partial charge in [0, 0.05) is 22.3 Å². The predicted octanol–water partition coefficient (Wildman–Crippen LogP) is 3.98. The summed E-state index contributed by atoms with van der Waals surface area (Å²) in [6.45, 7) is 0. The Balaban J connectivity index is 1.70. The van der Waals surface area contributed by atoms with Crippen molar-refractivity contribution in [3.8, 4) is 28.6 Å². The molecule has 0 radical (unpaired) electrons. The summed E-state index contributed by atoms with van der Waals surface area (Å²) in [5.74, 6) is 0.175. The van der Waals surface area contributed by atoms with Crippen LogP contribution in [0.1, 0.15) is 39.9 Å². The molecule has 1 aromatic heterocycles. The highest BCUT2D eigenvalue weighted by Crippen LogP contribution is 2.43. The predicted molar refractivity (Wildman–Crippen MR) is 94.6 cm³/mol. The minimum Gasteiger partial charge on any atom is -0.494 e. The first kappa shape index (κ1) is 14.3. The van der Waals surface area contributed by atoms with Gasteiger partial charge in [-0.3, -0.25) is 9.36 Å². The van der Waals surface area contributed by atoms with Crippen molar-refractivity contribution in [3.05, 3.63) is 64.7 Å². The fourth-order valence-electron chi connectivity index (χ4n) is 4.17. The molecule has 5 rings (SSSR count). The summed E-state index contributed by atoms with van der Waals surface area (Å²) in [5, 5.41) is 21.2. The van der Waals surface area contributed by atoms with Gasteiger partial charge in [0.15, 0.2) is 5.78 Å². The van der Waals surface area contributed by atoms with Gasteiger partial charge >= 0.3 is 0 Å². The highest BCUT2D eigenvalue weighted by Gasteiger charge is 2.29. The highest BCUT2D eigenvalue weighted by atomic mass is 16.3. The van der Waals surface area contributed by atoms with Crippen LogP contribution in [0.5, 0.6) is 11.8 Å². The van der Waals surface area contributed by atoms with Gasteiger partial charge in [-0.25, -0.2) is 0 Å². The Labute approximate surface area is 145 Å². The van der Waals surface area contributed by atoms with Crippen LogP contribution in [0.15, 0.2) is 42.5 Å². The van der Waals surface area contributed by atoms with Crippen molar-refractivity contribution in [1.82, 2.24) is 4.57 Å². The quantitative estimate of drug-likeness (QED) is 0.554. The molecule has 4 nitrogen and oxygen atoms in total. The van der Waals surface area contributed by atoms with E-state index in [0.29, 0.717) is 16.8 Å². The Bertz CT molecular complexity index is 1020. The highest BCUT2D eigenvalue weighted by molar-refractivity contribution is 6.21. The van der Waals surface area contributed by atoms with E-state index < -0.39 is 0 Å². The topological polar surface area (TPSA) is 62.5 Å². The maximum absolute atomic E-state index is 12.7. The molecule has 2 N–H and O–H groups in total. The van der Waals surface area contributed by atoms with Crippen molar-refractivity contribution in [3.63, 3.8) is 0 Å². The fourth-order valence-corrected chi connectivity index (χ4v) is 4.17. The molecule has 0 spiro atoms. The Morgan fingerprint density at radius 3 is 2.04 bits per heavy atom. The average Bonchev–Trinajstić information content (AvgIpc) is 3.08. The molecule has 3 aromatic rings. The van der Waals surface area contributed by atoms with Crippen LogP contribution < -0.4 is 0 Å². The molecular formula is C21H17NO3. The van der Waals surface area contributed by atoms with Crippen molar-refractivity contribution in [2.75, 3.05) is 0 Å². The molecule has 25 heavy (non-hydrogen) atoms. The van der Waals surface area contributed by atoms with Gasteiger partial charge in [-0.05, 0) is 48.9 Å². The Hall–Kier alpha value is -3.01. The first-order valence-corrected chi connectivity index (χ1v) is 8.59. The van der Waals surface area contributed by atoms with Gasteiger partial charge in [0.1, 0.15) is 0 Å². The summed E-state index contributed by atoms with van der Waals surface area (Å²) >= 11 is 0. The van der Waals surface area contributed by atoms with Crippen molar-refractivity contribution in [2.24, 2.45) is 0 Å². The number of ketones is 1. The van der Waals surface area contributed by atoms with E-state index in [0.717, 1.165) is 47.9 Å². The van der Waals surface area contributed by atoms with Gasteiger partial charge in [0.25, 0.3) is 0 Å². The van der Waals surface area contributed by atoms with Crippen LogP contribution in [0.2, 0.25) is 0 Å². The van der Waals surface area contributed by atoms with E-state index in [9.17, 15) is 15.0 Å². The molecule has 0 aliphatic heterocycles. The molecule has 4 heteroatoms. The maximum Gasteiger partial charge on any atom is 0.202 e. The normalized spacial score (nSPS) is 15.0. The van der Waals surface area contributed by atoms with Crippen molar-refractivity contribution >= 4 is 5.78 Å². The molecule has 124 valence electrons. The van der Waals surface area contributed by atoms with E-state index in [1.165, 1.54) is 4.57 Å². The van der Waals surface area contributed by atoms with Gasteiger partial charge in [0.2, 0.25) is 11.8 Å². The second-order valence-corrected chi connectivity index (χ2v) is 6.75. The number of rotatable bonds is 1. The Morgan fingerprint density at radius 2 is 1.36 bits per heavy atom. The summed E-state index contributed by atoms with van der Waals surface area (Å²) in [6, 6.07) is 13.1. The third-order valence-corrected chi connectivity index (χ3v) is 5.40. The lowest BCUT2D eigenvalue weighted by Gasteiger charge is -2.09. The molecule has 0 fully saturated rings. The molecule has 0 saturated heterocycles. The summed E-state index contributed by atoms with van der Waals surface area (Å²) in [5.41, 5.74) is 5.44. The van der Waals surface area contributed by atoms with Crippen molar-refractivity contribution in [2.45, 2.75) is 25.7 Å². The largest absolute Gasteiger partial charge is 0.494 e. The molecule has 1 heterocycles. The van der Waals surface area contributed by atoms with Crippen LogP contribution in [0.3, 0.4) is 0 Å². The Morgan fingerprint density at radius 1 is 0.760 bits per heavy atom. The molecule has 0 unspecified atom stereocenters. The Kier molecular flexibility index (Phi) is 2.86. The van der Waals surface area contributed by atoms with Gasteiger partial charge in [-0.1, -0.05) is 30.3 Å². The fraction of sp³-hybridized carbons (Fsp3) is 0.190. The minimum atomic E-state index is -0.0108. The number of aromatic hydroxyl groups is 2. The second-order valence-electron chi connectivity index (χ2n) is 6.75. The lowest BCUT2D eigenvalue weighted by molar-refractivity contribution is 0.104. The number of fused-ring (bicyclic) bond motifs is 4. The standard InChI is InChI=1S/C21H17NO3/c23-19-15-6-2-1-5-13(15)14-10-9-12(11-18(14)19)22-20(24)16-7-3-4-8-17(16)21(22)25/h1-2,5-6,9-11,24-25H,3-4,7-8H2. The minimum absolute atomic E-state index is 0.0108. The average molecular weight is 331 g/mol. The number of hydrogen-bond donors (Lipinski definition) is 2. The monoisotopic (exact) mass is 331 g/mol. The van der Waals surface area contributed by atoms with E-state index in [4.69, 9.17) is 0 Å². The van der Waals surface area contributed by atoms with Crippen LogP contribution >= 0.6 is 0 Å². The molecule has 2 aliphatic rings. The first-order chi connectivity index (χ1) is 12.2. The van der Waals surface area contributed by atoms with E-state index in [-0.39, 0.29) is 17.5 Å². The van der Waals surface area contributed by atoms with E-state index >= 15 is 0 Å². The van der Waals surface area contributed by atoms with E-state index in [1.54, 1.807) is 6.07 Å². The lowest BCUT2D eigenvalue weighted by Crippen LogP contribution is -1.98. The SMILES string of the molecule is O=C1c2ccccc2-c2ccc(-n3c(O)c4c(c3O)CCCC4)cc21. The molecule has 2 aliphatic carbocycles. The van der Waals surface area contributed by atoms with E-state index in [1.807, 2.05) is 36.4 Å². The van der Waals surface area contributed by atoms with Crippen LogP contribution in [-0.4, -0.2) is 20.6 Å². The smallest absolute Gasteiger partial charge is 0.202 e. The third-order valence-electron chi connectivity index (χ3n) is 5.40. The summed E-state index contributed by atoms with van der Waals surface area (Å²) in [7, 11) is 0. The number of carbonyl (C=O) groups is 1. The number of nitrogens with zero attached hydrogens (tertiary/aromatic N) is 1. The van der Waals surface area contributed by atoms with Gasteiger partial charge in [0.05, 0.1) is 5.69 Å². The van der Waals surface area contributed by atoms with Crippen molar-refractivity contribution in [1.29, 1.82) is 0 Å². The van der Waals surface area contributed by atoms with Crippen molar-refractivity contribution < 1.29 is 15.0 Å². The lowest BCUT2D eigenvalue weighted by atomic mass is 9.95. The maximum atomic E-state index is 12.7. The number of carbonyl (C=O) groups excluding carboxylic acids is 1. The van der Waals surface area contributed by atoms with Crippen LogP contribution in [0.4, 0.5) is 0 Å². The third kappa shape index (κ3) is 1.85. The summed E-state index contributed by atoms with van der Waals surface area (Å²) < 4.78 is 1.46. The molecule has 0 amide bonds. The number of hydrogen-bond acceptors (Lipinski definition) is 3. The van der Waals surface area contributed by atoms with Crippen LogP contribution in [0.25, 0.3) is 16.8 Å². The van der Waals surface area contributed by atoms with Gasteiger partial charge in [-0.2, -0.15) is 0 Å². The number of aromatic nitrogens is 1. The summed E-state index contributed by atoms with van der Waals surface area (Å²) in [4.78, 5) is 12.7. The van der Waals surface area contributed by atoms with E-state index in [2.05, 4.69) is 0 Å². The van der Waals surface area contributed by atoms with Crippen LogP contribution in [0, 0.1) is 0 Å². The zero-order valence-electron chi connectivity index (χ0n) is 13.6. The molecule has 2 aromatic carbocycles. The van der Waals surface area contributed by atoms with Gasteiger partial charge in [-0.15, -0.1) is 0 Å². The molecule has 0 bridgehead atoms. The zero-order valence-corrected chi connectivity index (χ0v) is 13.6.